The number of aromatic nitrogens is 1. The Labute approximate surface area is 171 Å². The highest BCUT2D eigenvalue weighted by molar-refractivity contribution is 5.95. The predicted molar refractivity (Wildman–Crippen MR) is 106 cm³/mol. The van der Waals surface area contributed by atoms with Crippen LogP contribution in [0, 0.1) is 11.6 Å². The lowest BCUT2D eigenvalue weighted by atomic mass is 10.1. The first kappa shape index (κ1) is 23.0. The third kappa shape index (κ3) is 5.41. The number of alkyl halides is 2. The van der Waals surface area contributed by atoms with Gasteiger partial charge < -0.3 is 16.0 Å². The second-order valence-electron chi connectivity index (χ2n) is 6.19. The summed E-state index contributed by atoms with van der Waals surface area (Å²) in [5, 5.41) is 8.00. The number of hydrogen-bond donors (Lipinski definition) is 3. The highest BCUT2D eigenvalue weighted by Crippen LogP contribution is 2.23. The Morgan fingerprint density at radius 1 is 1.23 bits per heavy atom. The van der Waals surface area contributed by atoms with Crippen molar-refractivity contribution in [2.24, 2.45) is 4.99 Å². The van der Waals surface area contributed by atoms with E-state index in [1.54, 1.807) is 7.05 Å². The fraction of sp³-hybridized carbons (Fsp3) is 0.250. The second kappa shape index (κ2) is 10.5. The monoisotopic (exact) mass is 423 g/mol. The molecule has 0 saturated heterocycles. The molecular weight excluding hydrogens is 402 g/mol. The SMILES string of the molecule is C=N/C(C)=C(\NCNC(=O)c1cc(CNC)cnc1C(F)F)c1cccc(F)c1F. The smallest absolute Gasteiger partial charge is 0.281 e. The number of rotatable bonds is 9. The molecule has 2 aromatic rings. The Morgan fingerprint density at radius 2 is 1.97 bits per heavy atom. The number of nitrogens with one attached hydrogen (secondary N) is 3. The molecule has 0 spiro atoms. The highest BCUT2D eigenvalue weighted by atomic mass is 19.3. The average molecular weight is 423 g/mol. The van der Waals surface area contributed by atoms with Crippen LogP contribution in [0.1, 0.15) is 40.5 Å². The minimum absolute atomic E-state index is 0.0958. The van der Waals surface area contributed by atoms with Crippen LogP contribution in [0.15, 0.2) is 41.2 Å². The summed E-state index contributed by atoms with van der Waals surface area (Å²) in [6.45, 7) is 4.94. The van der Waals surface area contributed by atoms with E-state index in [0.717, 1.165) is 6.07 Å². The molecule has 160 valence electrons. The summed E-state index contributed by atoms with van der Waals surface area (Å²) in [6.07, 6.45) is -1.67. The molecule has 1 heterocycles. The largest absolute Gasteiger partial charge is 0.366 e. The van der Waals surface area contributed by atoms with Crippen LogP contribution in [0.2, 0.25) is 0 Å². The second-order valence-corrected chi connectivity index (χ2v) is 6.19. The van der Waals surface area contributed by atoms with E-state index in [0.29, 0.717) is 12.1 Å². The molecule has 1 aromatic heterocycles. The molecule has 0 unspecified atom stereocenters. The summed E-state index contributed by atoms with van der Waals surface area (Å²) in [5.74, 6) is -2.95. The maximum atomic E-state index is 14.2. The Morgan fingerprint density at radius 3 is 2.60 bits per heavy atom. The molecule has 0 saturated carbocycles. The summed E-state index contributed by atoms with van der Waals surface area (Å²) in [4.78, 5) is 19.9. The summed E-state index contributed by atoms with van der Waals surface area (Å²) in [6, 6.07) is 4.93. The summed E-state index contributed by atoms with van der Waals surface area (Å²) in [7, 11) is 1.67. The van der Waals surface area contributed by atoms with Crippen LogP contribution in [0.3, 0.4) is 0 Å². The Kier molecular flexibility index (Phi) is 8.05. The van der Waals surface area contributed by atoms with Crippen molar-refractivity contribution in [1.82, 2.24) is 20.9 Å². The van der Waals surface area contributed by atoms with E-state index in [-0.39, 0.29) is 29.2 Å². The van der Waals surface area contributed by atoms with Crippen LogP contribution in [0.4, 0.5) is 17.6 Å². The van der Waals surface area contributed by atoms with Crippen molar-refractivity contribution in [2.45, 2.75) is 19.9 Å². The van der Waals surface area contributed by atoms with Gasteiger partial charge in [-0.15, -0.1) is 0 Å². The van der Waals surface area contributed by atoms with Crippen LogP contribution >= 0.6 is 0 Å². The van der Waals surface area contributed by atoms with Gasteiger partial charge in [-0.3, -0.25) is 14.8 Å². The van der Waals surface area contributed by atoms with Crippen molar-refractivity contribution in [3.63, 3.8) is 0 Å². The molecule has 0 radical (unpaired) electrons. The molecule has 0 fully saturated rings. The molecule has 0 aliphatic heterocycles. The first-order chi connectivity index (χ1) is 14.3. The topological polar surface area (TPSA) is 78.4 Å². The number of hydrogen-bond acceptors (Lipinski definition) is 5. The minimum atomic E-state index is -2.94. The molecule has 2 rings (SSSR count). The van der Waals surface area contributed by atoms with Crippen molar-refractivity contribution >= 4 is 18.3 Å². The standard InChI is InChI=1S/C20H21F4N5O/c1-11(26-3)17(13-5-4-6-15(21)16(13)22)28-10-29-20(30)14-7-12(8-25-2)9-27-18(14)19(23)24/h4-7,9,19,25,28H,3,8,10H2,1-2H3,(H,29,30)/b17-11-. The van der Waals surface area contributed by atoms with Gasteiger partial charge in [-0.1, -0.05) is 6.07 Å². The molecule has 0 atom stereocenters. The van der Waals surface area contributed by atoms with Crippen molar-refractivity contribution in [3.8, 4) is 0 Å². The van der Waals surface area contributed by atoms with Gasteiger partial charge in [-0.05, 0) is 44.5 Å². The number of allylic oxidation sites excluding steroid dienone is 1. The number of benzene rings is 1. The van der Waals surface area contributed by atoms with Gasteiger partial charge in [0.1, 0.15) is 5.69 Å². The summed E-state index contributed by atoms with van der Waals surface area (Å²) >= 11 is 0. The lowest BCUT2D eigenvalue weighted by Crippen LogP contribution is -2.34. The zero-order valence-corrected chi connectivity index (χ0v) is 16.4. The third-order valence-corrected chi connectivity index (χ3v) is 4.14. The van der Waals surface area contributed by atoms with Crippen LogP contribution in [-0.2, 0) is 6.54 Å². The molecule has 3 N–H and O–H groups in total. The van der Waals surface area contributed by atoms with E-state index >= 15 is 0 Å². The van der Waals surface area contributed by atoms with Crippen LogP contribution < -0.4 is 16.0 Å². The van der Waals surface area contributed by atoms with Gasteiger partial charge in [0.25, 0.3) is 12.3 Å². The Balaban J connectivity index is 2.22. The number of aliphatic imine (C=N–C) groups is 1. The van der Waals surface area contributed by atoms with Gasteiger partial charge in [-0.25, -0.2) is 17.6 Å². The normalized spacial score (nSPS) is 11.8. The van der Waals surface area contributed by atoms with E-state index in [1.807, 2.05) is 0 Å². The van der Waals surface area contributed by atoms with Crippen molar-refractivity contribution in [2.75, 3.05) is 13.7 Å². The molecule has 1 aromatic carbocycles. The van der Waals surface area contributed by atoms with E-state index in [1.165, 1.54) is 31.3 Å². The Hall–Kier alpha value is -3.27. The average Bonchev–Trinajstić information content (AvgIpc) is 2.73. The lowest BCUT2D eigenvalue weighted by Gasteiger charge is -2.16. The number of amides is 1. The molecule has 0 bridgehead atoms. The maximum Gasteiger partial charge on any atom is 0.281 e. The van der Waals surface area contributed by atoms with Crippen LogP contribution in [0.5, 0.6) is 0 Å². The molecule has 0 aliphatic rings. The van der Waals surface area contributed by atoms with Gasteiger partial charge in [0.15, 0.2) is 11.6 Å². The molecular formula is C20H21F4N5O. The molecule has 1 amide bonds. The van der Waals surface area contributed by atoms with E-state index < -0.39 is 29.7 Å². The molecule has 0 aliphatic carbocycles. The molecule has 6 nitrogen and oxygen atoms in total. The fourth-order valence-corrected chi connectivity index (χ4v) is 2.68. The number of carbonyl (C=O) groups is 1. The van der Waals surface area contributed by atoms with E-state index in [2.05, 4.69) is 32.6 Å². The quantitative estimate of drug-likeness (QED) is 0.328. The van der Waals surface area contributed by atoms with Crippen LogP contribution in [-0.4, -0.2) is 31.3 Å². The zero-order chi connectivity index (χ0) is 22.3. The fourth-order valence-electron chi connectivity index (χ4n) is 2.68. The first-order valence-corrected chi connectivity index (χ1v) is 8.85. The van der Waals surface area contributed by atoms with E-state index in [4.69, 9.17) is 0 Å². The highest BCUT2D eigenvalue weighted by Gasteiger charge is 2.21. The number of halogens is 4. The predicted octanol–water partition coefficient (Wildman–Crippen LogP) is 3.38. The van der Waals surface area contributed by atoms with E-state index in [9.17, 15) is 22.4 Å². The van der Waals surface area contributed by atoms with Gasteiger partial charge in [0.05, 0.1) is 23.6 Å². The van der Waals surface area contributed by atoms with Crippen LogP contribution in [0.25, 0.3) is 5.70 Å². The number of pyridine rings is 1. The van der Waals surface area contributed by atoms with Crippen molar-refractivity contribution < 1.29 is 22.4 Å². The summed E-state index contributed by atoms with van der Waals surface area (Å²) < 4.78 is 54.2. The zero-order valence-electron chi connectivity index (χ0n) is 16.4. The Bertz CT molecular complexity index is 962. The summed E-state index contributed by atoms with van der Waals surface area (Å²) in [5.41, 5.74) is -0.142. The van der Waals surface area contributed by atoms with Gasteiger partial charge >= 0.3 is 0 Å². The molecule has 30 heavy (non-hydrogen) atoms. The molecule has 10 heteroatoms. The number of carbonyl (C=O) groups excluding carboxylic acids is 1. The van der Waals surface area contributed by atoms with Gasteiger partial charge in [-0.2, -0.15) is 0 Å². The third-order valence-electron chi connectivity index (χ3n) is 4.14. The van der Waals surface area contributed by atoms with Gasteiger partial charge in [0, 0.05) is 18.3 Å². The van der Waals surface area contributed by atoms with Crippen molar-refractivity contribution in [1.29, 1.82) is 0 Å². The van der Waals surface area contributed by atoms with Crippen molar-refractivity contribution in [3.05, 3.63) is 70.2 Å². The minimum Gasteiger partial charge on any atom is -0.366 e. The lowest BCUT2D eigenvalue weighted by molar-refractivity contribution is 0.0935. The first-order valence-electron chi connectivity index (χ1n) is 8.85. The number of nitrogens with zero attached hydrogens (tertiary/aromatic N) is 2. The maximum absolute atomic E-state index is 14.2. The van der Waals surface area contributed by atoms with Gasteiger partial charge in [0.2, 0.25) is 0 Å².